The quantitative estimate of drug-likeness (QED) is 0.741. The molecule has 1 fully saturated rings. The second kappa shape index (κ2) is 8.28. The van der Waals surface area contributed by atoms with Gasteiger partial charge >= 0.3 is 0 Å². The lowest BCUT2D eigenvalue weighted by Crippen LogP contribution is -2.37. The summed E-state index contributed by atoms with van der Waals surface area (Å²) < 4.78 is 40.7. The van der Waals surface area contributed by atoms with Gasteiger partial charge in [0.2, 0.25) is 0 Å². The summed E-state index contributed by atoms with van der Waals surface area (Å²) in [5.41, 5.74) is 4.90. The van der Waals surface area contributed by atoms with Crippen molar-refractivity contribution in [2.24, 2.45) is 11.7 Å². The van der Waals surface area contributed by atoms with E-state index in [1.54, 1.807) is 0 Å². The largest absolute Gasteiger partial charge is 0.366 e. The number of sulfonamides is 1. The highest BCUT2D eigenvalue weighted by atomic mass is 32.2. The van der Waals surface area contributed by atoms with Crippen LogP contribution in [0.4, 0.5) is 9.39 Å². The van der Waals surface area contributed by atoms with Crippen LogP contribution in [0.1, 0.15) is 33.6 Å². The number of amides is 2. The van der Waals surface area contributed by atoms with Gasteiger partial charge in [-0.2, -0.15) is 9.57 Å². The first kappa shape index (κ1) is 20.9. The predicted molar refractivity (Wildman–Crippen MR) is 104 cm³/mol. The lowest BCUT2D eigenvalue weighted by atomic mass is 10.0. The Bertz CT molecular complexity index is 1100. The molecular formula is C18H17FN4O4S2. The van der Waals surface area contributed by atoms with Crippen LogP contribution in [0.3, 0.4) is 0 Å². The molecule has 8 nitrogen and oxygen atoms in total. The maximum atomic E-state index is 13.8. The molecule has 2 heterocycles. The molecule has 29 heavy (non-hydrogen) atoms. The SMILES string of the molecule is N#CC1CCN(S(=O)(=O)c2cc(C(N)=O)c(NC(=O)c3ccccc3F)s2)CC1. The van der Waals surface area contributed by atoms with Gasteiger partial charge in [-0.3, -0.25) is 9.59 Å². The van der Waals surface area contributed by atoms with Crippen LogP contribution in [0, 0.1) is 23.1 Å². The van der Waals surface area contributed by atoms with E-state index in [1.165, 1.54) is 22.5 Å². The zero-order valence-electron chi connectivity index (χ0n) is 15.1. The number of nitriles is 1. The average Bonchev–Trinajstić information content (AvgIpc) is 3.13. The molecule has 0 saturated carbocycles. The highest BCUT2D eigenvalue weighted by Gasteiger charge is 2.32. The molecule has 0 atom stereocenters. The molecule has 2 amide bonds. The number of benzene rings is 1. The van der Waals surface area contributed by atoms with Crippen LogP contribution in [0.5, 0.6) is 0 Å². The number of nitrogens with two attached hydrogens (primary N) is 1. The zero-order valence-corrected chi connectivity index (χ0v) is 16.7. The molecule has 0 radical (unpaired) electrons. The monoisotopic (exact) mass is 436 g/mol. The fourth-order valence-corrected chi connectivity index (χ4v) is 5.93. The van der Waals surface area contributed by atoms with Crippen LogP contribution >= 0.6 is 11.3 Å². The number of hydrogen-bond acceptors (Lipinski definition) is 6. The van der Waals surface area contributed by atoms with E-state index in [-0.39, 0.29) is 39.3 Å². The number of anilines is 1. The van der Waals surface area contributed by atoms with Crippen molar-refractivity contribution in [3.05, 3.63) is 47.3 Å². The van der Waals surface area contributed by atoms with Crippen molar-refractivity contribution >= 4 is 38.2 Å². The minimum absolute atomic E-state index is 0.0729. The second-order valence-corrected chi connectivity index (χ2v) is 9.63. The number of rotatable bonds is 5. The third kappa shape index (κ3) is 4.29. The van der Waals surface area contributed by atoms with Crippen molar-refractivity contribution < 1.29 is 22.4 Å². The maximum absolute atomic E-state index is 13.8. The van der Waals surface area contributed by atoms with E-state index < -0.39 is 27.7 Å². The van der Waals surface area contributed by atoms with Crippen LogP contribution in [0.15, 0.2) is 34.5 Å². The van der Waals surface area contributed by atoms with Gasteiger partial charge in [-0.15, -0.1) is 11.3 Å². The summed E-state index contributed by atoms with van der Waals surface area (Å²) in [5.74, 6) is -2.70. The van der Waals surface area contributed by atoms with Gasteiger partial charge in [-0.1, -0.05) is 12.1 Å². The number of carbonyl (C=O) groups is 2. The van der Waals surface area contributed by atoms with Crippen LogP contribution in [0.25, 0.3) is 0 Å². The van der Waals surface area contributed by atoms with Crippen molar-refractivity contribution in [3.63, 3.8) is 0 Å². The van der Waals surface area contributed by atoms with Gasteiger partial charge in [0, 0.05) is 19.0 Å². The third-order valence-electron chi connectivity index (χ3n) is 4.55. The van der Waals surface area contributed by atoms with E-state index >= 15 is 0 Å². The minimum atomic E-state index is -3.93. The van der Waals surface area contributed by atoms with Crippen LogP contribution in [-0.4, -0.2) is 37.6 Å². The summed E-state index contributed by atoms with van der Waals surface area (Å²) >= 11 is 0.674. The van der Waals surface area contributed by atoms with E-state index in [0.29, 0.717) is 24.2 Å². The number of carbonyl (C=O) groups excluding carboxylic acids is 2. The molecule has 0 bridgehead atoms. The maximum Gasteiger partial charge on any atom is 0.259 e. The number of halogens is 1. The molecule has 0 spiro atoms. The summed E-state index contributed by atoms with van der Waals surface area (Å²) in [6.07, 6.45) is 0.835. The van der Waals surface area contributed by atoms with Gasteiger partial charge < -0.3 is 11.1 Å². The molecule has 1 aliphatic rings. The van der Waals surface area contributed by atoms with E-state index in [0.717, 1.165) is 12.1 Å². The molecule has 11 heteroatoms. The first-order valence-electron chi connectivity index (χ1n) is 8.63. The first-order valence-corrected chi connectivity index (χ1v) is 10.9. The van der Waals surface area contributed by atoms with Gasteiger partial charge in [0.25, 0.3) is 21.8 Å². The molecule has 3 N–H and O–H groups in total. The van der Waals surface area contributed by atoms with Crippen molar-refractivity contribution in [2.45, 2.75) is 17.1 Å². The smallest absolute Gasteiger partial charge is 0.259 e. The Kier molecular flexibility index (Phi) is 5.97. The Morgan fingerprint density at radius 1 is 1.24 bits per heavy atom. The number of nitrogens with one attached hydrogen (secondary N) is 1. The number of primary amides is 1. The average molecular weight is 436 g/mol. The Labute approximate surface area is 170 Å². The molecule has 1 aromatic heterocycles. The molecule has 1 aliphatic heterocycles. The summed E-state index contributed by atoms with van der Waals surface area (Å²) in [5, 5.41) is 11.3. The van der Waals surface area contributed by atoms with Gasteiger partial charge in [-0.25, -0.2) is 12.8 Å². The number of thiophene rings is 1. The van der Waals surface area contributed by atoms with Gasteiger partial charge in [0.15, 0.2) is 0 Å². The fourth-order valence-electron chi connectivity index (χ4n) is 2.94. The first-order chi connectivity index (χ1) is 13.7. The Morgan fingerprint density at radius 3 is 2.48 bits per heavy atom. The number of piperidine rings is 1. The Hall–Kier alpha value is -2.81. The highest BCUT2D eigenvalue weighted by molar-refractivity contribution is 7.91. The Balaban J connectivity index is 1.89. The molecule has 0 unspecified atom stereocenters. The topological polar surface area (TPSA) is 133 Å². The Morgan fingerprint density at radius 2 is 1.90 bits per heavy atom. The van der Waals surface area contributed by atoms with Crippen LogP contribution < -0.4 is 11.1 Å². The molecule has 1 aromatic carbocycles. The fraction of sp³-hybridized carbons (Fsp3) is 0.278. The van der Waals surface area contributed by atoms with Crippen molar-refractivity contribution in [2.75, 3.05) is 18.4 Å². The molecular weight excluding hydrogens is 419 g/mol. The predicted octanol–water partition coefficient (Wildman–Crippen LogP) is 2.16. The van der Waals surface area contributed by atoms with E-state index in [2.05, 4.69) is 11.4 Å². The van der Waals surface area contributed by atoms with E-state index in [4.69, 9.17) is 11.0 Å². The third-order valence-corrected chi connectivity index (χ3v) is 7.95. The normalized spacial score (nSPS) is 15.6. The molecule has 1 saturated heterocycles. The number of hydrogen-bond donors (Lipinski definition) is 2. The molecule has 3 rings (SSSR count). The lowest BCUT2D eigenvalue weighted by Gasteiger charge is -2.27. The second-order valence-electron chi connectivity index (χ2n) is 6.41. The summed E-state index contributed by atoms with van der Waals surface area (Å²) in [6, 6.07) is 8.50. The standard InChI is InChI=1S/C18H17FN4O4S2/c19-14-4-2-1-3-12(14)17(25)22-18-13(16(21)24)9-15(28-18)29(26,27)23-7-5-11(10-20)6-8-23/h1-4,9,11H,5-8H2,(H2,21,24)(H,22,25). The van der Waals surface area contributed by atoms with E-state index in [9.17, 15) is 22.4 Å². The van der Waals surface area contributed by atoms with Crippen molar-refractivity contribution in [3.8, 4) is 6.07 Å². The van der Waals surface area contributed by atoms with Gasteiger partial charge in [0.1, 0.15) is 15.0 Å². The highest BCUT2D eigenvalue weighted by Crippen LogP contribution is 2.34. The summed E-state index contributed by atoms with van der Waals surface area (Å²) in [7, 11) is -3.93. The zero-order chi connectivity index (χ0) is 21.2. The molecule has 0 aliphatic carbocycles. The van der Waals surface area contributed by atoms with Crippen LogP contribution in [0.2, 0.25) is 0 Å². The molecule has 2 aromatic rings. The van der Waals surface area contributed by atoms with Crippen molar-refractivity contribution in [1.82, 2.24) is 4.31 Å². The summed E-state index contributed by atoms with van der Waals surface area (Å²) in [6.45, 7) is 0.364. The minimum Gasteiger partial charge on any atom is -0.366 e. The van der Waals surface area contributed by atoms with Crippen molar-refractivity contribution in [1.29, 1.82) is 5.26 Å². The van der Waals surface area contributed by atoms with Gasteiger partial charge in [0.05, 0.1) is 17.2 Å². The summed E-state index contributed by atoms with van der Waals surface area (Å²) in [4.78, 5) is 24.1. The van der Waals surface area contributed by atoms with Crippen LogP contribution in [-0.2, 0) is 10.0 Å². The number of nitrogens with zero attached hydrogens (tertiary/aromatic N) is 2. The van der Waals surface area contributed by atoms with E-state index in [1.807, 2.05) is 0 Å². The van der Waals surface area contributed by atoms with Gasteiger partial charge in [-0.05, 0) is 31.0 Å². The molecule has 152 valence electrons. The lowest BCUT2D eigenvalue weighted by molar-refractivity contribution is 0.100.